The minimum atomic E-state index is -0.786. The van der Waals surface area contributed by atoms with Crippen LogP contribution in [0.1, 0.15) is 35.6 Å². The van der Waals surface area contributed by atoms with Crippen LogP contribution in [0.3, 0.4) is 0 Å². The summed E-state index contributed by atoms with van der Waals surface area (Å²) in [4.78, 5) is 34.9. The zero-order valence-corrected chi connectivity index (χ0v) is 17.3. The molecule has 0 bridgehead atoms. The maximum Gasteiger partial charge on any atom is 0.243 e. The summed E-state index contributed by atoms with van der Waals surface area (Å²) < 4.78 is 0. The van der Waals surface area contributed by atoms with Gasteiger partial charge in [-0.1, -0.05) is 60.7 Å². The van der Waals surface area contributed by atoms with Gasteiger partial charge in [-0.05, 0) is 24.0 Å². The van der Waals surface area contributed by atoms with Crippen LogP contribution >= 0.6 is 0 Å². The summed E-state index contributed by atoms with van der Waals surface area (Å²) in [5.41, 5.74) is 9.36. The van der Waals surface area contributed by atoms with Crippen LogP contribution in [0.15, 0.2) is 73.2 Å². The summed E-state index contributed by atoms with van der Waals surface area (Å²) in [7, 11) is 0. The Balaban J connectivity index is 1.52. The molecular formula is C24H27N5O2. The lowest BCUT2D eigenvalue weighted by molar-refractivity contribution is -0.139. The molecular weight excluding hydrogens is 390 g/mol. The Morgan fingerprint density at radius 2 is 1.74 bits per heavy atom. The molecule has 2 aromatic carbocycles. The minimum Gasteiger partial charge on any atom is -0.349 e. The molecule has 1 aliphatic rings. The first kappa shape index (κ1) is 20.8. The average molecular weight is 418 g/mol. The van der Waals surface area contributed by atoms with Crippen molar-refractivity contribution in [1.29, 1.82) is 0 Å². The van der Waals surface area contributed by atoms with E-state index in [0.717, 1.165) is 23.2 Å². The Hall–Kier alpha value is -3.45. The number of carbonyl (C=O) groups excluding carboxylic acids is 2. The van der Waals surface area contributed by atoms with E-state index >= 15 is 0 Å². The number of rotatable bonds is 7. The summed E-state index contributed by atoms with van der Waals surface area (Å²) in [5.74, 6) is -0.648. The Morgan fingerprint density at radius 1 is 1.10 bits per heavy atom. The van der Waals surface area contributed by atoms with E-state index in [9.17, 15) is 9.59 Å². The minimum absolute atomic E-state index is 0.163. The molecule has 2 amide bonds. The van der Waals surface area contributed by atoms with Crippen LogP contribution in [0.25, 0.3) is 0 Å². The number of nitrogens with one attached hydrogen (secondary N) is 2. The van der Waals surface area contributed by atoms with E-state index in [2.05, 4.69) is 15.3 Å². The van der Waals surface area contributed by atoms with Gasteiger partial charge < -0.3 is 20.9 Å². The average Bonchev–Trinajstić information content (AvgIpc) is 3.51. The van der Waals surface area contributed by atoms with Crippen molar-refractivity contribution in [2.24, 2.45) is 5.73 Å². The molecule has 1 fully saturated rings. The van der Waals surface area contributed by atoms with Crippen LogP contribution in [0, 0.1) is 0 Å². The van der Waals surface area contributed by atoms with E-state index in [1.807, 2.05) is 60.7 Å². The van der Waals surface area contributed by atoms with Crippen molar-refractivity contribution in [3.05, 3.63) is 90.0 Å². The summed E-state index contributed by atoms with van der Waals surface area (Å²) >= 11 is 0. The molecule has 0 unspecified atom stereocenters. The number of carbonyl (C=O) groups is 2. The highest BCUT2D eigenvalue weighted by Gasteiger charge is 2.39. The first-order valence-corrected chi connectivity index (χ1v) is 10.6. The second-order valence-corrected chi connectivity index (χ2v) is 7.81. The van der Waals surface area contributed by atoms with Gasteiger partial charge in [0.15, 0.2) is 0 Å². The van der Waals surface area contributed by atoms with Crippen molar-refractivity contribution in [3.8, 4) is 0 Å². The third-order valence-corrected chi connectivity index (χ3v) is 5.81. The fourth-order valence-electron chi connectivity index (χ4n) is 4.25. The second kappa shape index (κ2) is 9.57. The quantitative estimate of drug-likeness (QED) is 0.548. The van der Waals surface area contributed by atoms with E-state index in [4.69, 9.17) is 5.73 Å². The van der Waals surface area contributed by atoms with E-state index in [-0.39, 0.29) is 17.7 Å². The highest BCUT2D eigenvalue weighted by molar-refractivity contribution is 5.91. The molecule has 7 nitrogen and oxygen atoms in total. The van der Waals surface area contributed by atoms with Gasteiger partial charge in [0.25, 0.3) is 0 Å². The monoisotopic (exact) mass is 417 g/mol. The van der Waals surface area contributed by atoms with Gasteiger partial charge in [-0.25, -0.2) is 4.98 Å². The topological polar surface area (TPSA) is 104 Å². The number of nitrogens with zero attached hydrogens (tertiary/aromatic N) is 2. The molecule has 0 radical (unpaired) electrons. The Kier molecular flexibility index (Phi) is 6.43. The Morgan fingerprint density at radius 3 is 2.32 bits per heavy atom. The zero-order valence-electron chi connectivity index (χ0n) is 17.3. The lowest BCUT2D eigenvalue weighted by Gasteiger charge is -2.31. The van der Waals surface area contributed by atoms with Gasteiger partial charge in [-0.3, -0.25) is 9.59 Å². The number of nitrogens with two attached hydrogens (primary N) is 1. The van der Waals surface area contributed by atoms with Crippen LogP contribution in [0.5, 0.6) is 0 Å². The number of H-pyrrole nitrogens is 1. The highest BCUT2D eigenvalue weighted by atomic mass is 16.2. The lowest BCUT2D eigenvalue weighted by atomic mass is 9.84. The second-order valence-electron chi connectivity index (χ2n) is 7.81. The molecule has 4 N–H and O–H groups in total. The predicted molar refractivity (Wildman–Crippen MR) is 118 cm³/mol. The molecule has 1 aromatic heterocycles. The number of likely N-dealkylation sites (tertiary alicyclic amines) is 1. The van der Waals surface area contributed by atoms with E-state index < -0.39 is 12.1 Å². The maximum atomic E-state index is 13.5. The first-order chi connectivity index (χ1) is 15.1. The smallest absolute Gasteiger partial charge is 0.243 e. The molecule has 0 spiro atoms. The number of amides is 2. The predicted octanol–water partition coefficient (Wildman–Crippen LogP) is 2.18. The number of imidazole rings is 1. The third-order valence-electron chi connectivity index (χ3n) is 5.81. The van der Waals surface area contributed by atoms with Crippen LogP contribution < -0.4 is 11.1 Å². The number of hydrogen-bond donors (Lipinski definition) is 3. The molecule has 3 aromatic rings. The summed E-state index contributed by atoms with van der Waals surface area (Å²) in [6, 6.07) is 18.3. The zero-order chi connectivity index (χ0) is 21.6. The molecule has 2 heterocycles. The van der Waals surface area contributed by atoms with Crippen LogP contribution in [0.4, 0.5) is 0 Å². The van der Waals surface area contributed by atoms with E-state index in [0.29, 0.717) is 19.5 Å². The molecule has 1 saturated heterocycles. The van der Waals surface area contributed by atoms with Crippen LogP contribution in [0.2, 0.25) is 0 Å². The van der Waals surface area contributed by atoms with Gasteiger partial charge in [0.1, 0.15) is 6.04 Å². The summed E-state index contributed by atoms with van der Waals surface area (Å²) in [5, 5.41) is 2.90. The van der Waals surface area contributed by atoms with Gasteiger partial charge in [0.05, 0.1) is 24.6 Å². The van der Waals surface area contributed by atoms with Crippen molar-refractivity contribution in [1.82, 2.24) is 20.2 Å². The van der Waals surface area contributed by atoms with Crippen LogP contribution in [-0.4, -0.2) is 45.3 Å². The van der Waals surface area contributed by atoms with Crippen LogP contribution in [-0.2, 0) is 16.1 Å². The Bertz CT molecular complexity index is 952. The highest BCUT2D eigenvalue weighted by Crippen LogP contribution is 2.29. The van der Waals surface area contributed by atoms with Gasteiger partial charge in [-0.2, -0.15) is 0 Å². The number of aromatic amines is 1. The molecule has 160 valence electrons. The van der Waals surface area contributed by atoms with E-state index in [1.54, 1.807) is 17.4 Å². The Labute approximate surface area is 181 Å². The normalized spacial score (nSPS) is 17.0. The van der Waals surface area contributed by atoms with Crippen molar-refractivity contribution >= 4 is 11.8 Å². The molecule has 0 aliphatic carbocycles. The summed E-state index contributed by atoms with van der Waals surface area (Å²) in [6.07, 6.45) is 4.65. The van der Waals surface area contributed by atoms with Gasteiger partial charge in [0, 0.05) is 18.7 Å². The van der Waals surface area contributed by atoms with Crippen molar-refractivity contribution < 1.29 is 9.59 Å². The number of benzene rings is 2. The SMILES string of the molecule is N[C@@H](C(=O)N1CCC[C@H]1C(=O)NCc1cnc[nH]1)C(c1ccccc1)c1ccccc1. The van der Waals surface area contributed by atoms with Gasteiger partial charge >= 0.3 is 0 Å². The number of aromatic nitrogens is 2. The van der Waals surface area contributed by atoms with E-state index in [1.165, 1.54) is 0 Å². The molecule has 4 rings (SSSR count). The standard InChI is InChI=1S/C24H27N5O2/c25-22(21(17-8-3-1-4-9-17)18-10-5-2-6-11-18)24(31)29-13-7-12-20(29)23(30)27-15-19-14-26-16-28-19/h1-6,8-11,14,16,20-22H,7,12-13,15,25H2,(H,26,28)(H,27,30)/t20-,22+/m0/s1. The van der Waals surface area contributed by atoms with Crippen molar-refractivity contribution in [3.63, 3.8) is 0 Å². The lowest BCUT2D eigenvalue weighted by Crippen LogP contribution is -2.52. The number of hydrogen-bond acceptors (Lipinski definition) is 4. The molecule has 31 heavy (non-hydrogen) atoms. The third kappa shape index (κ3) is 4.67. The molecule has 2 atom stereocenters. The molecule has 1 aliphatic heterocycles. The maximum absolute atomic E-state index is 13.5. The van der Waals surface area contributed by atoms with Crippen molar-refractivity contribution in [2.75, 3.05) is 6.54 Å². The molecule has 0 saturated carbocycles. The van der Waals surface area contributed by atoms with Crippen molar-refractivity contribution in [2.45, 2.75) is 37.4 Å². The summed E-state index contributed by atoms with van der Waals surface area (Å²) in [6.45, 7) is 0.880. The fourth-order valence-corrected chi connectivity index (χ4v) is 4.25. The van der Waals surface area contributed by atoms with Gasteiger partial charge in [0.2, 0.25) is 11.8 Å². The fraction of sp³-hybridized carbons (Fsp3) is 0.292. The molecule has 7 heteroatoms. The first-order valence-electron chi connectivity index (χ1n) is 10.6. The largest absolute Gasteiger partial charge is 0.349 e. The van der Waals surface area contributed by atoms with Gasteiger partial charge in [-0.15, -0.1) is 0 Å².